The van der Waals surface area contributed by atoms with Gasteiger partial charge < -0.3 is 24.8 Å². The molecular formula is C31H33F2N7O3. The van der Waals surface area contributed by atoms with Crippen LogP contribution in [0.4, 0.5) is 14.6 Å². The molecule has 43 heavy (non-hydrogen) atoms. The first-order chi connectivity index (χ1) is 20.9. The molecule has 4 fully saturated rings. The molecule has 4 aliphatic rings. The van der Waals surface area contributed by atoms with Crippen molar-refractivity contribution in [1.82, 2.24) is 30.2 Å². The van der Waals surface area contributed by atoms with Gasteiger partial charge in [0.1, 0.15) is 35.6 Å². The number of ether oxygens (including phenoxy) is 2. The molecule has 2 N–H and O–H groups in total. The highest BCUT2D eigenvalue weighted by molar-refractivity contribution is 6.02. The third-order valence-corrected chi connectivity index (χ3v) is 9.65. The van der Waals surface area contributed by atoms with E-state index in [-0.39, 0.29) is 29.6 Å². The highest BCUT2D eigenvalue weighted by Gasteiger charge is 2.49. The summed E-state index contributed by atoms with van der Waals surface area (Å²) in [5.74, 6) is 0.170. The Kier molecular flexibility index (Phi) is 6.27. The van der Waals surface area contributed by atoms with Crippen molar-refractivity contribution in [2.45, 2.75) is 55.9 Å². The fourth-order valence-electron chi connectivity index (χ4n) is 7.74. The zero-order chi connectivity index (χ0) is 29.3. The Morgan fingerprint density at radius 2 is 1.98 bits per heavy atom. The number of aromatic nitrogens is 4. The van der Waals surface area contributed by atoms with Crippen LogP contribution in [-0.2, 0) is 0 Å². The summed E-state index contributed by atoms with van der Waals surface area (Å²) in [4.78, 5) is 22.6. The first kappa shape index (κ1) is 26.7. The summed E-state index contributed by atoms with van der Waals surface area (Å²) in [6.45, 7) is 2.96. The molecule has 3 aromatic heterocycles. The number of benzene rings is 1. The highest BCUT2D eigenvalue weighted by atomic mass is 19.1. The molecule has 0 aliphatic carbocycles. The first-order valence-electron chi connectivity index (χ1n) is 15.0. The van der Waals surface area contributed by atoms with E-state index >= 15 is 4.39 Å². The number of aromatic hydroxyl groups is 1. The smallest absolute Gasteiger partial charge is 0.319 e. The predicted molar refractivity (Wildman–Crippen MR) is 157 cm³/mol. The van der Waals surface area contributed by atoms with E-state index < -0.39 is 17.5 Å². The summed E-state index contributed by atoms with van der Waals surface area (Å²) in [5.41, 5.74) is 0.0265. The Bertz CT molecular complexity index is 1730. The van der Waals surface area contributed by atoms with Crippen molar-refractivity contribution in [3.8, 4) is 28.9 Å². The average molecular weight is 590 g/mol. The van der Waals surface area contributed by atoms with E-state index in [0.29, 0.717) is 58.5 Å². The number of nitrogens with zero attached hydrogens (tertiary/aromatic N) is 6. The monoisotopic (exact) mass is 589 g/mol. The van der Waals surface area contributed by atoms with Gasteiger partial charge in [0.25, 0.3) is 0 Å². The SMILES string of the molecule is COc1nccc2cc(O)cc(-c3ncc4c(N5C[C@H]6CC[C@@H](C5)N6)nc(OC[C@@]56CCCN5C[C@H](F)C6)nc4c3F)c12. The zero-order valence-corrected chi connectivity index (χ0v) is 23.9. The molecule has 0 radical (unpaired) electrons. The quantitative estimate of drug-likeness (QED) is 0.343. The number of fused-ring (bicyclic) bond motifs is 5. The maximum Gasteiger partial charge on any atom is 0.319 e. The van der Waals surface area contributed by atoms with Crippen LogP contribution in [-0.4, -0.2) is 93.6 Å². The fraction of sp³-hybridized carbons (Fsp3) is 0.484. The van der Waals surface area contributed by atoms with Crippen molar-refractivity contribution in [1.29, 1.82) is 0 Å². The number of hydrogen-bond donors (Lipinski definition) is 2. The normalized spacial score (nSPS) is 26.9. The van der Waals surface area contributed by atoms with Gasteiger partial charge in [-0.1, -0.05) is 0 Å². The lowest BCUT2D eigenvalue weighted by molar-refractivity contribution is 0.107. The number of anilines is 1. The number of rotatable bonds is 6. The van der Waals surface area contributed by atoms with Gasteiger partial charge in [-0.25, -0.2) is 13.8 Å². The molecule has 2 bridgehead atoms. The number of alkyl halides is 1. The van der Waals surface area contributed by atoms with Crippen LogP contribution >= 0.6 is 0 Å². The summed E-state index contributed by atoms with van der Waals surface area (Å²) >= 11 is 0. The second-order valence-corrected chi connectivity index (χ2v) is 12.3. The van der Waals surface area contributed by atoms with Gasteiger partial charge in [-0.05, 0) is 55.8 Å². The van der Waals surface area contributed by atoms with E-state index in [1.165, 1.54) is 13.2 Å². The summed E-state index contributed by atoms with van der Waals surface area (Å²) in [6, 6.07) is 5.47. The second kappa shape index (κ2) is 10.1. The molecule has 4 saturated heterocycles. The van der Waals surface area contributed by atoms with Crippen molar-refractivity contribution in [2.24, 2.45) is 0 Å². The number of phenolic OH excluding ortho intramolecular Hbond substituents is 1. The zero-order valence-electron chi connectivity index (χ0n) is 23.9. The minimum atomic E-state index is -0.886. The van der Waals surface area contributed by atoms with Gasteiger partial charge in [-0.2, -0.15) is 9.97 Å². The van der Waals surface area contributed by atoms with Gasteiger partial charge in [0.05, 0.1) is 23.4 Å². The van der Waals surface area contributed by atoms with Gasteiger partial charge in [0, 0.05) is 56.1 Å². The maximum absolute atomic E-state index is 16.7. The fourth-order valence-corrected chi connectivity index (χ4v) is 7.74. The third kappa shape index (κ3) is 4.41. The van der Waals surface area contributed by atoms with Crippen LogP contribution in [0.5, 0.6) is 17.6 Å². The van der Waals surface area contributed by atoms with E-state index in [1.807, 2.05) is 0 Å². The van der Waals surface area contributed by atoms with Crippen molar-refractivity contribution < 1.29 is 23.4 Å². The number of methoxy groups -OCH3 is 1. The molecule has 7 heterocycles. The van der Waals surface area contributed by atoms with Crippen molar-refractivity contribution in [2.75, 3.05) is 44.8 Å². The van der Waals surface area contributed by atoms with Crippen LogP contribution in [0, 0.1) is 5.82 Å². The molecular weight excluding hydrogens is 556 g/mol. The Morgan fingerprint density at radius 3 is 2.79 bits per heavy atom. The van der Waals surface area contributed by atoms with Gasteiger partial charge >= 0.3 is 6.01 Å². The average Bonchev–Trinajstić information content (AvgIpc) is 3.65. The number of nitrogens with one attached hydrogen (secondary N) is 1. The topological polar surface area (TPSA) is 109 Å². The van der Waals surface area contributed by atoms with E-state index in [4.69, 9.17) is 14.5 Å². The Morgan fingerprint density at radius 1 is 1.14 bits per heavy atom. The predicted octanol–water partition coefficient (Wildman–Crippen LogP) is 3.99. The summed E-state index contributed by atoms with van der Waals surface area (Å²) < 4.78 is 42.9. The first-order valence-corrected chi connectivity index (χ1v) is 15.0. The van der Waals surface area contributed by atoms with Crippen LogP contribution in [0.15, 0.2) is 30.6 Å². The molecule has 224 valence electrons. The molecule has 0 spiro atoms. The number of piperazine rings is 1. The van der Waals surface area contributed by atoms with Crippen LogP contribution < -0.4 is 19.7 Å². The summed E-state index contributed by atoms with van der Waals surface area (Å²) in [7, 11) is 1.49. The molecule has 8 rings (SSSR count). The Hall–Kier alpha value is -3.90. The van der Waals surface area contributed by atoms with Crippen LogP contribution in [0.25, 0.3) is 32.9 Å². The van der Waals surface area contributed by atoms with Gasteiger partial charge in [-0.3, -0.25) is 9.88 Å². The molecule has 4 atom stereocenters. The molecule has 0 unspecified atom stereocenters. The number of hydrogen-bond acceptors (Lipinski definition) is 10. The lowest BCUT2D eigenvalue weighted by atomic mass is 9.95. The lowest BCUT2D eigenvalue weighted by Crippen LogP contribution is -2.51. The Labute approximate surface area is 247 Å². The Balaban J connectivity index is 1.26. The van der Waals surface area contributed by atoms with E-state index in [2.05, 4.69) is 30.1 Å². The molecule has 12 heteroatoms. The van der Waals surface area contributed by atoms with Gasteiger partial charge in [-0.15, -0.1) is 0 Å². The number of phenols is 1. The summed E-state index contributed by atoms with van der Waals surface area (Å²) in [6.07, 6.45) is 6.68. The molecule has 4 aliphatic heterocycles. The van der Waals surface area contributed by atoms with Crippen LogP contribution in [0.1, 0.15) is 32.1 Å². The standard InChI is InChI=1S/C31H33F2N7O3/c1-42-29-24-17(5-7-34-29)9-21(41)10-22(24)26-25(33)27-23(12-35-26)28(39-14-19-3-4-20(15-39)36-19)38-30(37-27)43-16-31-6-2-8-40(31)13-18(32)11-31/h5,7,9-10,12,18-20,36,41H,2-4,6,8,11,13-16H2,1H3/t18-,19-,20+,31+/m1/s1. The lowest BCUT2D eigenvalue weighted by Gasteiger charge is -2.34. The van der Waals surface area contributed by atoms with Crippen molar-refractivity contribution >= 4 is 27.5 Å². The van der Waals surface area contributed by atoms with Gasteiger partial charge in [0.2, 0.25) is 5.88 Å². The minimum Gasteiger partial charge on any atom is -0.508 e. The molecule has 0 saturated carbocycles. The van der Waals surface area contributed by atoms with E-state index in [0.717, 1.165) is 45.3 Å². The minimum absolute atomic E-state index is 0.00676. The van der Waals surface area contributed by atoms with E-state index in [1.54, 1.807) is 24.5 Å². The second-order valence-electron chi connectivity index (χ2n) is 12.3. The van der Waals surface area contributed by atoms with Crippen molar-refractivity contribution in [3.05, 3.63) is 36.4 Å². The van der Waals surface area contributed by atoms with Crippen molar-refractivity contribution in [3.63, 3.8) is 0 Å². The van der Waals surface area contributed by atoms with Crippen LogP contribution in [0.2, 0.25) is 0 Å². The maximum atomic E-state index is 16.7. The number of halogens is 2. The van der Waals surface area contributed by atoms with Gasteiger partial charge in [0.15, 0.2) is 5.82 Å². The number of pyridine rings is 2. The van der Waals surface area contributed by atoms with Crippen LogP contribution in [0.3, 0.4) is 0 Å². The third-order valence-electron chi connectivity index (χ3n) is 9.65. The molecule has 0 amide bonds. The molecule has 10 nitrogen and oxygen atoms in total. The largest absolute Gasteiger partial charge is 0.508 e. The molecule has 1 aromatic carbocycles. The molecule has 4 aromatic rings. The highest BCUT2D eigenvalue weighted by Crippen LogP contribution is 2.42. The summed E-state index contributed by atoms with van der Waals surface area (Å²) in [5, 5.41) is 15.8. The van der Waals surface area contributed by atoms with E-state index in [9.17, 15) is 9.50 Å².